The molecule has 17 heavy (non-hydrogen) atoms. The first-order valence-corrected chi connectivity index (χ1v) is 6.88. The lowest BCUT2D eigenvalue weighted by molar-refractivity contribution is 0.928. The molecule has 0 aliphatic carbocycles. The maximum absolute atomic E-state index is 5.92. The number of anilines is 1. The summed E-state index contributed by atoms with van der Waals surface area (Å²) in [4.78, 5) is 7.47. The highest BCUT2D eigenvalue weighted by Gasteiger charge is 2.08. The molecule has 5 heteroatoms. The van der Waals surface area contributed by atoms with Crippen LogP contribution in [-0.2, 0) is 12.4 Å². The summed E-state index contributed by atoms with van der Waals surface area (Å²) in [7, 11) is 2.04. The largest absolute Gasteiger partial charge is 0.369 e. The van der Waals surface area contributed by atoms with E-state index in [0.29, 0.717) is 5.88 Å². The molecule has 0 bridgehead atoms. The van der Waals surface area contributed by atoms with E-state index in [-0.39, 0.29) is 0 Å². The molecule has 0 radical (unpaired) electrons. The molecule has 2 rings (SSSR count). The Hall–Kier alpha value is -0.770. The Morgan fingerprint density at radius 2 is 2.18 bits per heavy atom. The van der Waals surface area contributed by atoms with Gasteiger partial charge in [0.05, 0.1) is 16.8 Å². The van der Waals surface area contributed by atoms with Gasteiger partial charge in [-0.2, -0.15) is 0 Å². The molecule has 2 nitrogen and oxygen atoms in total. The van der Waals surface area contributed by atoms with Crippen molar-refractivity contribution >= 4 is 40.2 Å². The number of halogens is 2. The van der Waals surface area contributed by atoms with Crippen LogP contribution in [0.25, 0.3) is 0 Å². The van der Waals surface area contributed by atoms with Crippen molar-refractivity contribution in [3.8, 4) is 0 Å². The number of hydrogen-bond acceptors (Lipinski definition) is 3. The average molecular weight is 287 g/mol. The van der Waals surface area contributed by atoms with Crippen LogP contribution in [-0.4, -0.2) is 12.0 Å². The minimum absolute atomic E-state index is 0.471. The topological polar surface area (TPSA) is 16.1 Å². The number of hydrogen-bond donors (Lipinski definition) is 0. The van der Waals surface area contributed by atoms with Crippen molar-refractivity contribution in [2.24, 2.45) is 0 Å². The molecule has 0 saturated heterocycles. The first-order chi connectivity index (χ1) is 8.20. The van der Waals surface area contributed by atoms with E-state index >= 15 is 0 Å². The molecule has 2 heterocycles. The number of alkyl halides is 1. The fraction of sp³-hybridized carbons (Fsp3) is 0.250. The van der Waals surface area contributed by atoms with Gasteiger partial charge in [0, 0.05) is 35.6 Å². The van der Waals surface area contributed by atoms with Crippen molar-refractivity contribution in [2.45, 2.75) is 12.4 Å². The summed E-state index contributed by atoms with van der Waals surface area (Å²) >= 11 is 13.4. The minimum Gasteiger partial charge on any atom is -0.369 e. The van der Waals surface area contributed by atoms with Crippen LogP contribution in [0.4, 0.5) is 5.69 Å². The highest BCUT2D eigenvalue weighted by Crippen LogP contribution is 2.26. The third-order valence-electron chi connectivity index (χ3n) is 2.45. The predicted molar refractivity (Wildman–Crippen MR) is 75.2 cm³/mol. The number of pyridine rings is 1. The van der Waals surface area contributed by atoms with Gasteiger partial charge in [-0.3, -0.25) is 4.98 Å². The maximum Gasteiger partial charge on any atom is 0.0931 e. The molecule has 0 amide bonds. The molecule has 0 spiro atoms. The third kappa shape index (κ3) is 3.12. The first-order valence-electron chi connectivity index (χ1n) is 5.15. The van der Waals surface area contributed by atoms with Crippen molar-refractivity contribution in [1.29, 1.82) is 0 Å². The summed E-state index contributed by atoms with van der Waals surface area (Å²) in [5.74, 6) is 0.471. The molecule has 0 aliphatic heterocycles. The quantitative estimate of drug-likeness (QED) is 0.784. The van der Waals surface area contributed by atoms with Gasteiger partial charge in [0.2, 0.25) is 0 Å². The molecule has 0 aromatic carbocycles. The smallest absolute Gasteiger partial charge is 0.0931 e. The van der Waals surface area contributed by atoms with Crippen LogP contribution in [0.15, 0.2) is 30.6 Å². The summed E-state index contributed by atoms with van der Waals surface area (Å²) in [6.07, 6.45) is 3.59. The van der Waals surface area contributed by atoms with Crippen molar-refractivity contribution in [3.63, 3.8) is 0 Å². The van der Waals surface area contributed by atoms with E-state index in [1.54, 1.807) is 23.7 Å². The zero-order valence-electron chi connectivity index (χ0n) is 9.36. The Labute approximate surface area is 115 Å². The fourth-order valence-electron chi connectivity index (χ4n) is 1.65. The second kappa shape index (κ2) is 5.71. The molecule has 0 atom stereocenters. The van der Waals surface area contributed by atoms with Crippen LogP contribution in [0.1, 0.15) is 10.4 Å². The van der Waals surface area contributed by atoms with Gasteiger partial charge < -0.3 is 4.90 Å². The van der Waals surface area contributed by atoms with Crippen molar-refractivity contribution in [2.75, 3.05) is 11.9 Å². The monoisotopic (exact) mass is 286 g/mol. The van der Waals surface area contributed by atoms with Crippen molar-refractivity contribution in [3.05, 3.63) is 45.4 Å². The number of aromatic nitrogens is 1. The molecule has 90 valence electrons. The van der Waals surface area contributed by atoms with Crippen LogP contribution >= 0.6 is 34.5 Å². The van der Waals surface area contributed by atoms with Crippen LogP contribution in [0.5, 0.6) is 0 Å². The second-order valence-electron chi connectivity index (χ2n) is 3.70. The molecule has 0 N–H and O–H groups in total. The van der Waals surface area contributed by atoms with Crippen LogP contribution in [0.2, 0.25) is 4.34 Å². The number of thiophene rings is 1. The molecule has 0 saturated carbocycles. The van der Waals surface area contributed by atoms with E-state index in [1.807, 2.05) is 25.2 Å². The Balaban J connectivity index is 2.16. The van der Waals surface area contributed by atoms with Crippen LogP contribution in [0.3, 0.4) is 0 Å². The van der Waals surface area contributed by atoms with Crippen LogP contribution < -0.4 is 4.90 Å². The van der Waals surface area contributed by atoms with Gasteiger partial charge in [0.25, 0.3) is 0 Å². The summed E-state index contributed by atoms with van der Waals surface area (Å²) in [5, 5.41) is 0. The maximum atomic E-state index is 5.92. The van der Waals surface area contributed by atoms with E-state index in [1.165, 1.54) is 4.88 Å². The standard InChI is InChI=1S/C12H12Cl2N2S/c1-16(8-10-2-3-12(14)17-10)11-4-5-15-7-9(11)6-13/h2-5,7H,6,8H2,1H3. The van der Waals surface area contributed by atoms with Gasteiger partial charge in [-0.25, -0.2) is 0 Å². The highest BCUT2D eigenvalue weighted by molar-refractivity contribution is 7.16. The van der Waals surface area contributed by atoms with Gasteiger partial charge in [-0.15, -0.1) is 22.9 Å². The molecule has 0 unspecified atom stereocenters. The summed E-state index contributed by atoms with van der Waals surface area (Å²) in [5.41, 5.74) is 2.15. The van der Waals surface area contributed by atoms with Gasteiger partial charge >= 0.3 is 0 Å². The first kappa shape index (κ1) is 12.7. The Morgan fingerprint density at radius 3 is 2.82 bits per heavy atom. The predicted octanol–water partition coefficient (Wildman–Crippen LogP) is 4.17. The zero-order chi connectivity index (χ0) is 12.3. The Morgan fingerprint density at radius 1 is 1.35 bits per heavy atom. The molecular weight excluding hydrogens is 275 g/mol. The van der Waals surface area contributed by atoms with Crippen LogP contribution in [0, 0.1) is 0 Å². The van der Waals surface area contributed by atoms with Gasteiger partial charge in [0.1, 0.15) is 0 Å². The Kier molecular flexibility index (Phi) is 4.26. The highest BCUT2D eigenvalue weighted by atomic mass is 35.5. The lowest BCUT2D eigenvalue weighted by atomic mass is 10.2. The molecular formula is C12H12Cl2N2S. The molecule has 2 aromatic heterocycles. The summed E-state index contributed by atoms with van der Waals surface area (Å²) in [6.45, 7) is 0.825. The van der Waals surface area contributed by atoms with Gasteiger partial charge in [-0.05, 0) is 18.2 Å². The van der Waals surface area contributed by atoms with Crippen molar-refractivity contribution < 1.29 is 0 Å². The lowest BCUT2D eigenvalue weighted by Gasteiger charge is -2.20. The SMILES string of the molecule is CN(Cc1ccc(Cl)s1)c1ccncc1CCl. The van der Waals surface area contributed by atoms with Gasteiger partial charge in [-0.1, -0.05) is 11.6 Å². The zero-order valence-corrected chi connectivity index (χ0v) is 11.7. The van der Waals surface area contributed by atoms with Gasteiger partial charge in [0.15, 0.2) is 0 Å². The normalized spacial score (nSPS) is 10.5. The summed E-state index contributed by atoms with van der Waals surface area (Å²) in [6, 6.07) is 5.95. The molecule has 0 aliphatic rings. The third-order valence-corrected chi connectivity index (χ3v) is 3.96. The average Bonchev–Trinajstić information content (AvgIpc) is 2.74. The van der Waals surface area contributed by atoms with Crippen molar-refractivity contribution in [1.82, 2.24) is 4.98 Å². The van der Waals surface area contributed by atoms with E-state index < -0.39 is 0 Å². The molecule has 0 fully saturated rings. The molecule has 2 aromatic rings. The van der Waals surface area contributed by atoms with E-state index in [0.717, 1.165) is 22.1 Å². The summed E-state index contributed by atoms with van der Waals surface area (Å²) < 4.78 is 0.820. The number of nitrogens with zero attached hydrogens (tertiary/aromatic N) is 2. The van der Waals surface area contributed by atoms with E-state index in [2.05, 4.69) is 9.88 Å². The fourth-order valence-corrected chi connectivity index (χ4v) is 3.00. The number of rotatable bonds is 4. The second-order valence-corrected chi connectivity index (χ2v) is 5.77. The lowest BCUT2D eigenvalue weighted by Crippen LogP contribution is -2.17. The van der Waals surface area contributed by atoms with E-state index in [4.69, 9.17) is 23.2 Å². The van der Waals surface area contributed by atoms with E-state index in [9.17, 15) is 0 Å². The minimum atomic E-state index is 0.471. The Bertz CT molecular complexity index is 499.